The number of carbonyl (C=O) groups excluding carboxylic acids is 1. The van der Waals surface area contributed by atoms with Crippen molar-refractivity contribution in [1.29, 1.82) is 0 Å². The third-order valence-corrected chi connectivity index (χ3v) is 4.96. The van der Waals surface area contributed by atoms with Gasteiger partial charge in [-0.1, -0.05) is 52.8 Å². The van der Waals surface area contributed by atoms with Crippen LogP contribution in [0.25, 0.3) is 0 Å². The van der Waals surface area contributed by atoms with Crippen molar-refractivity contribution >= 4 is 11.6 Å². The summed E-state index contributed by atoms with van der Waals surface area (Å²) < 4.78 is 6.77. The van der Waals surface area contributed by atoms with Gasteiger partial charge in [0, 0.05) is 24.6 Å². The van der Waals surface area contributed by atoms with Crippen LogP contribution in [-0.4, -0.2) is 12.5 Å². The second kappa shape index (κ2) is 10.1. The Kier molecular flexibility index (Phi) is 7.85. The molecule has 1 aromatic heterocycles. The van der Waals surface area contributed by atoms with E-state index < -0.39 is 0 Å². The summed E-state index contributed by atoms with van der Waals surface area (Å²) in [6.07, 6.45) is 3.51. The van der Waals surface area contributed by atoms with Gasteiger partial charge in [-0.15, -0.1) is 0 Å². The van der Waals surface area contributed by atoms with E-state index in [1.54, 1.807) is 6.07 Å². The van der Waals surface area contributed by atoms with E-state index in [0.717, 1.165) is 40.8 Å². The number of para-hydroxylation sites is 1. The highest BCUT2D eigenvalue weighted by atomic mass is 16.5. The molecule has 1 heterocycles. The second-order valence-electron chi connectivity index (χ2n) is 6.78. The minimum atomic E-state index is -0.286. The van der Waals surface area contributed by atoms with E-state index in [9.17, 15) is 10.0 Å². The van der Waals surface area contributed by atoms with Crippen molar-refractivity contribution in [2.24, 2.45) is 0 Å². The van der Waals surface area contributed by atoms with Crippen LogP contribution in [0.1, 0.15) is 73.9 Å². The van der Waals surface area contributed by atoms with Gasteiger partial charge in [0.25, 0.3) is 5.91 Å². The molecule has 1 amide bonds. The maximum Gasteiger partial charge on any atom is 0.265 e. The van der Waals surface area contributed by atoms with Crippen LogP contribution < -0.4 is 14.8 Å². The van der Waals surface area contributed by atoms with Crippen molar-refractivity contribution in [1.82, 2.24) is 0 Å². The number of anilines is 1. The Balaban J connectivity index is 2.57. The van der Waals surface area contributed by atoms with Crippen molar-refractivity contribution in [3.05, 3.63) is 57.6 Å². The zero-order chi connectivity index (χ0) is 20.7. The number of nitrogens with zero attached hydrogens (tertiary/aromatic N) is 1. The highest BCUT2D eigenvalue weighted by Crippen LogP contribution is 2.27. The molecule has 0 aliphatic rings. The number of pyridine rings is 1. The number of carbonyl (C=O) groups is 1. The number of aryl methyl sites for hydroxylation is 3. The van der Waals surface area contributed by atoms with Gasteiger partial charge >= 0.3 is 0 Å². The fourth-order valence-corrected chi connectivity index (χ4v) is 3.41. The third-order valence-electron chi connectivity index (χ3n) is 4.96. The molecule has 28 heavy (non-hydrogen) atoms. The zero-order valence-corrected chi connectivity index (χ0v) is 17.7. The van der Waals surface area contributed by atoms with Crippen LogP contribution in [0.15, 0.2) is 24.3 Å². The molecule has 0 aliphatic heterocycles. The summed E-state index contributed by atoms with van der Waals surface area (Å²) in [6, 6.07) is 7.78. The lowest BCUT2D eigenvalue weighted by atomic mass is 10.0. The minimum absolute atomic E-state index is 0.286. The molecule has 1 N–H and O–H groups in total. The average molecular weight is 385 g/mol. The van der Waals surface area contributed by atoms with Crippen molar-refractivity contribution < 1.29 is 14.3 Å². The number of amides is 1. The van der Waals surface area contributed by atoms with E-state index in [0.29, 0.717) is 42.1 Å². The van der Waals surface area contributed by atoms with Crippen LogP contribution in [0.3, 0.4) is 0 Å². The Labute approximate surface area is 168 Å². The Morgan fingerprint density at radius 1 is 1.04 bits per heavy atom. The van der Waals surface area contributed by atoms with Crippen LogP contribution in [-0.2, 0) is 25.7 Å². The molecule has 0 saturated heterocycles. The highest BCUT2D eigenvalue weighted by molar-refractivity contribution is 6.07. The van der Waals surface area contributed by atoms with E-state index in [-0.39, 0.29) is 5.91 Å². The van der Waals surface area contributed by atoms with E-state index in [4.69, 9.17) is 4.74 Å². The predicted molar refractivity (Wildman–Crippen MR) is 113 cm³/mol. The van der Waals surface area contributed by atoms with Gasteiger partial charge in [-0.25, -0.2) is 0 Å². The molecule has 5 heteroatoms. The van der Waals surface area contributed by atoms with Crippen LogP contribution in [0.4, 0.5) is 5.69 Å². The standard InChI is InChI=1S/C23H32N2O3/c1-6-14-28-20-15-18(9-4)25(27)19(10-5)21(20)23(26)24-22-16(7-2)12-11-13-17(22)8-3/h11-13,15H,6-10,14H2,1-5H3,(H,24,26). The molecular weight excluding hydrogens is 352 g/mol. The van der Waals surface area contributed by atoms with Crippen molar-refractivity contribution in [3.8, 4) is 5.75 Å². The van der Waals surface area contributed by atoms with E-state index in [1.165, 1.54) is 0 Å². The molecule has 1 aromatic carbocycles. The third kappa shape index (κ3) is 4.46. The average Bonchev–Trinajstić information content (AvgIpc) is 2.72. The van der Waals surface area contributed by atoms with Crippen LogP contribution in [0.2, 0.25) is 0 Å². The molecular formula is C23H32N2O3. The van der Waals surface area contributed by atoms with Crippen LogP contribution in [0, 0.1) is 5.21 Å². The Morgan fingerprint density at radius 3 is 2.18 bits per heavy atom. The number of aromatic nitrogens is 1. The van der Waals surface area contributed by atoms with Gasteiger partial charge in [0.05, 0.1) is 6.61 Å². The lowest BCUT2D eigenvalue weighted by Gasteiger charge is -2.19. The van der Waals surface area contributed by atoms with Crippen molar-refractivity contribution in [3.63, 3.8) is 0 Å². The second-order valence-corrected chi connectivity index (χ2v) is 6.78. The molecule has 2 aromatic rings. The Morgan fingerprint density at radius 2 is 1.68 bits per heavy atom. The topological polar surface area (TPSA) is 65.3 Å². The molecule has 152 valence electrons. The maximum absolute atomic E-state index is 13.3. The molecule has 5 nitrogen and oxygen atoms in total. The summed E-state index contributed by atoms with van der Waals surface area (Å²) in [5, 5.41) is 15.8. The largest absolute Gasteiger partial charge is 0.618 e. The van der Waals surface area contributed by atoms with Gasteiger partial charge in [-0.3, -0.25) is 4.79 Å². The van der Waals surface area contributed by atoms with Gasteiger partial charge in [-0.2, -0.15) is 4.73 Å². The summed E-state index contributed by atoms with van der Waals surface area (Å²) in [6.45, 7) is 10.5. The summed E-state index contributed by atoms with van der Waals surface area (Å²) in [5.74, 6) is 0.206. The molecule has 0 unspecified atom stereocenters. The van der Waals surface area contributed by atoms with Crippen LogP contribution >= 0.6 is 0 Å². The fraction of sp³-hybridized carbons (Fsp3) is 0.478. The first-order valence-electron chi connectivity index (χ1n) is 10.3. The quantitative estimate of drug-likeness (QED) is 0.507. The number of hydrogen-bond acceptors (Lipinski definition) is 3. The molecule has 0 aliphatic carbocycles. The Hall–Kier alpha value is -2.56. The predicted octanol–water partition coefficient (Wildman–Crippen LogP) is 4.61. The van der Waals surface area contributed by atoms with Gasteiger partial charge in [0.1, 0.15) is 11.3 Å². The molecule has 0 bridgehead atoms. The first-order valence-corrected chi connectivity index (χ1v) is 10.3. The molecule has 2 rings (SSSR count). The monoisotopic (exact) mass is 384 g/mol. The van der Waals surface area contributed by atoms with Gasteiger partial charge < -0.3 is 15.3 Å². The summed E-state index contributed by atoms with van der Waals surface area (Å²) >= 11 is 0. The normalized spacial score (nSPS) is 10.8. The van der Waals surface area contributed by atoms with E-state index in [2.05, 4.69) is 19.2 Å². The first-order chi connectivity index (χ1) is 13.5. The summed E-state index contributed by atoms with van der Waals surface area (Å²) in [7, 11) is 0. The van der Waals surface area contributed by atoms with E-state index in [1.807, 2.05) is 39.0 Å². The minimum Gasteiger partial charge on any atom is -0.618 e. The molecule has 0 fully saturated rings. The first kappa shape index (κ1) is 21.7. The SMILES string of the molecule is CCCOc1cc(CC)[n+]([O-])c(CC)c1C(=O)Nc1c(CC)cccc1CC. The highest BCUT2D eigenvalue weighted by Gasteiger charge is 2.27. The lowest BCUT2D eigenvalue weighted by molar-refractivity contribution is -0.622. The number of ether oxygens (including phenoxy) is 1. The van der Waals surface area contributed by atoms with E-state index >= 15 is 0 Å². The molecule has 0 atom stereocenters. The van der Waals surface area contributed by atoms with Gasteiger partial charge in [-0.05, 0) is 30.4 Å². The van der Waals surface area contributed by atoms with Gasteiger partial charge in [0.2, 0.25) is 5.69 Å². The molecule has 0 radical (unpaired) electrons. The lowest BCUT2D eigenvalue weighted by Crippen LogP contribution is -2.39. The summed E-state index contributed by atoms with van der Waals surface area (Å²) in [4.78, 5) is 13.3. The van der Waals surface area contributed by atoms with Crippen molar-refractivity contribution in [2.75, 3.05) is 11.9 Å². The maximum atomic E-state index is 13.3. The number of benzene rings is 1. The Bertz CT molecular complexity index is 809. The molecule has 0 saturated carbocycles. The fourth-order valence-electron chi connectivity index (χ4n) is 3.41. The number of rotatable bonds is 9. The van der Waals surface area contributed by atoms with Crippen LogP contribution in [0.5, 0.6) is 5.75 Å². The molecule has 0 spiro atoms. The van der Waals surface area contributed by atoms with Gasteiger partial charge in [0.15, 0.2) is 5.69 Å². The number of nitrogens with one attached hydrogen (secondary N) is 1. The van der Waals surface area contributed by atoms with Crippen molar-refractivity contribution in [2.45, 2.75) is 66.7 Å². The zero-order valence-electron chi connectivity index (χ0n) is 17.7. The number of hydrogen-bond donors (Lipinski definition) is 1. The smallest absolute Gasteiger partial charge is 0.265 e. The summed E-state index contributed by atoms with van der Waals surface area (Å²) in [5.41, 5.74) is 4.43.